The predicted molar refractivity (Wildman–Crippen MR) is 104 cm³/mol. The summed E-state index contributed by atoms with van der Waals surface area (Å²) in [7, 11) is 1.39. The number of methoxy groups -OCH3 is 1. The van der Waals surface area contributed by atoms with E-state index in [4.69, 9.17) is 4.74 Å². The molecule has 2 amide bonds. The minimum atomic E-state index is -0.448. The van der Waals surface area contributed by atoms with Crippen molar-refractivity contribution in [3.8, 4) is 11.5 Å². The first kappa shape index (κ1) is 19.8. The summed E-state index contributed by atoms with van der Waals surface area (Å²) in [5.74, 6) is -0.693. The number of amides is 2. The van der Waals surface area contributed by atoms with Crippen LogP contribution in [-0.4, -0.2) is 30.6 Å². The Morgan fingerprint density at radius 1 is 1.12 bits per heavy atom. The van der Waals surface area contributed by atoms with E-state index in [0.29, 0.717) is 4.47 Å². The number of carbonyl (C=O) groups excluding carboxylic acids is 2. The molecule has 7 heteroatoms. The smallest absolute Gasteiger partial charge is 0.251 e. The first-order valence-electron chi connectivity index (χ1n) is 7.95. The zero-order chi connectivity index (χ0) is 19.4. The number of halogens is 1. The Bertz CT molecular complexity index is 842. The maximum atomic E-state index is 12.3. The maximum Gasteiger partial charge on any atom is 0.251 e. The number of nitrogens with one attached hydrogen (secondary N) is 2. The Morgan fingerprint density at radius 3 is 2.31 bits per heavy atom. The number of anilines is 1. The minimum Gasteiger partial charge on any atom is -0.503 e. The van der Waals surface area contributed by atoms with Gasteiger partial charge in [-0.05, 0) is 60.0 Å². The van der Waals surface area contributed by atoms with Crippen LogP contribution in [0.25, 0.3) is 0 Å². The third kappa shape index (κ3) is 4.54. The molecule has 3 N–H and O–H groups in total. The highest BCUT2D eigenvalue weighted by atomic mass is 79.9. The first-order valence-corrected chi connectivity index (χ1v) is 8.74. The average Bonchev–Trinajstić information content (AvgIpc) is 2.58. The van der Waals surface area contributed by atoms with Crippen molar-refractivity contribution in [2.75, 3.05) is 19.0 Å². The molecular formula is C19H21BrN2O4. The molecule has 0 aromatic heterocycles. The van der Waals surface area contributed by atoms with E-state index in [1.807, 2.05) is 32.9 Å². The molecule has 0 saturated heterocycles. The summed E-state index contributed by atoms with van der Waals surface area (Å²) in [6.07, 6.45) is 0. The summed E-state index contributed by atoms with van der Waals surface area (Å²) in [5, 5.41) is 15.2. The molecule has 0 saturated carbocycles. The number of hydrogen-bond acceptors (Lipinski definition) is 4. The van der Waals surface area contributed by atoms with Gasteiger partial charge in [0.05, 0.1) is 18.1 Å². The molecule has 0 fully saturated rings. The molecule has 2 rings (SSSR count). The van der Waals surface area contributed by atoms with Gasteiger partial charge in [0.2, 0.25) is 5.91 Å². The molecule has 6 nitrogen and oxygen atoms in total. The van der Waals surface area contributed by atoms with Crippen LogP contribution in [0.5, 0.6) is 11.5 Å². The molecule has 0 radical (unpaired) electrons. The van der Waals surface area contributed by atoms with Crippen molar-refractivity contribution in [2.24, 2.45) is 0 Å². The van der Waals surface area contributed by atoms with Crippen molar-refractivity contribution < 1.29 is 19.4 Å². The van der Waals surface area contributed by atoms with Crippen LogP contribution in [0.3, 0.4) is 0 Å². The van der Waals surface area contributed by atoms with E-state index in [-0.39, 0.29) is 29.5 Å². The molecule has 26 heavy (non-hydrogen) atoms. The van der Waals surface area contributed by atoms with E-state index < -0.39 is 5.91 Å². The fraction of sp³-hybridized carbons (Fsp3) is 0.263. The summed E-state index contributed by atoms with van der Waals surface area (Å²) in [4.78, 5) is 24.4. The van der Waals surface area contributed by atoms with Crippen LogP contribution in [0, 0.1) is 20.8 Å². The Labute approximate surface area is 160 Å². The van der Waals surface area contributed by atoms with Crippen molar-refractivity contribution in [2.45, 2.75) is 20.8 Å². The normalized spacial score (nSPS) is 10.3. The second-order valence-electron chi connectivity index (χ2n) is 6.01. The van der Waals surface area contributed by atoms with Gasteiger partial charge < -0.3 is 20.5 Å². The van der Waals surface area contributed by atoms with E-state index >= 15 is 0 Å². The number of benzene rings is 2. The van der Waals surface area contributed by atoms with E-state index in [1.54, 1.807) is 0 Å². The van der Waals surface area contributed by atoms with E-state index in [9.17, 15) is 14.7 Å². The quantitative estimate of drug-likeness (QED) is 0.690. The SMILES string of the molecule is COc1cc(C(=O)NCC(=O)Nc2c(C)cc(C)cc2C)cc(Br)c1O. The van der Waals surface area contributed by atoms with E-state index in [0.717, 1.165) is 22.4 Å². The summed E-state index contributed by atoms with van der Waals surface area (Å²) >= 11 is 3.16. The van der Waals surface area contributed by atoms with Crippen LogP contribution in [0.15, 0.2) is 28.7 Å². The van der Waals surface area contributed by atoms with Gasteiger partial charge in [0.15, 0.2) is 11.5 Å². The van der Waals surface area contributed by atoms with Gasteiger partial charge in [-0.1, -0.05) is 17.7 Å². The van der Waals surface area contributed by atoms with Gasteiger partial charge in [0.1, 0.15) is 0 Å². The topological polar surface area (TPSA) is 87.7 Å². The van der Waals surface area contributed by atoms with Gasteiger partial charge in [-0.25, -0.2) is 0 Å². The predicted octanol–water partition coefficient (Wildman–Crippen LogP) is 3.46. The monoisotopic (exact) mass is 420 g/mol. The second-order valence-corrected chi connectivity index (χ2v) is 6.87. The highest BCUT2D eigenvalue weighted by Gasteiger charge is 2.15. The Morgan fingerprint density at radius 2 is 1.73 bits per heavy atom. The first-order chi connectivity index (χ1) is 12.2. The van der Waals surface area contributed by atoms with Crippen LogP contribution in [0.2, 0.25) is 0 Å². The number of aryl methyl sites for hydroxylation is 3. The lowest BCUT2D eigenvalue weighted by molar-refractivity contribution is -0.115. The number of phenolic OH excluding ortho intramolecular Hbond substituents is 1. The average molecular weight is 421 g/mol. The van der Waals surface area contributed by atoms with Gasteiger partial charge in [-0.2, -0.15) is 0 Å². The molecule has 138 valence electrons. The zero-order valence-electron chi connectivity index (χ0n) is 15.1. The van der Waals surface area contributed by atoms with Crippen molar-refractivity contribution >= 4 is 33.4 Å². The summed E-state index contributed by atoms with van der Waals surface area (Å²) < 4.78 is 5.35. The van der Waals surface area contributed by atoms with Crippen molar-refractivity contribution in [1.82, 2.24) is 5.32 Å². The van der Waals surface area contributed by atoms with Crippen molar-refractivity contribution in [3.05, 3.63) is 51.0 Å². The molecule has 2 aromatic carbocycles. The highest BCUT2D eigenvalue weighted by molar-refractivity contribution is 9.10. The second kappa shape index (κ2) is 8.23. The molecule has 0 aliphatic heterocycles. The molecule has 0 aliphatic carbocycles. The summed E-state index contributed by atoms with van der Waals surface area (Å²) in [5.41, 5.74) is 4.08. The summed E-state index contributed by atoms with van der Waals surface area (Å²) in [6.45, 7) is 5.67. The van der Waals surface area contributed by atoms with Crippen LogP contribution in [0.1, 0.15) is 27.0 Å². The number of phenols is 1. The third-order valence-electron chi connectivity index (χ3n) is 3.86. The standard InChI is InChI=1S/C19H21BrN2O4/c1-10-5-11(2)17(12(3)6-10)22-16(23)9-21-19(25)13-7-14(20)18(24)15(8-13)26-4/h5-8,24H,9H2,1-4H3,(H,21,25)(H,22,23). The van der Waals surface area contributed by atoms with E-state index in [2.05, 4.69) is 26.6 Å². The van der Waals surface area contributed by atoms with Crippen LogP contribution in [-0.2, 0) is 4.79 Å². The molecular weight excluding hydrogens is 400 g/mol. The molecule has 0 unspecified atom stereocenters. The lowest BCUT2D eigenvalue weighted by atomic mass is 10.1. The lowest BCUT2D eigenvalue weighted by Gasteiger charge is -2.13. The van der Waals surface area contributed by atoms with Gasteiger partial charge in [0, 0.05) is 11.3 Å². The van der Waals surface area contributed by atoms with Gasteiger partial charge in [0.25, 0.3) is 5.91 Å². The Balaban J connectivity index is 2.04. The Hall–Kier alpha value is -2.54. The van der Waals surface area contributed by atoms with Gasteiger partial charge >= 0.3 is 0 Å². The number of hydrogen-bond donors (Lipinski definition) is 3. The maximum absolute atomic E-state index is 12.3. The Kier molecular flexibility index (Phi) is 6.26. The number of ether oxygens (including phenoxy) is 1. The number of rotatable bonds is 5. The molecule has 0 aliphatic rings. The van der Waals surface area contributed by atoms with Crippen molar-refractivity contribution in [1.29, 1.82) is 0 Å². The molecule has 0 bridgehead atoms. The molecule has 0 heterocycles. The summed E-state index contributed by atoms with van der Waals surface area (Å²) in [6, 6.07) is 6.84. The zero-order valence-corrected chi connectivity index (χ0v) is 16.7. The minimum absolute atomic E-state index is 0.0906. The molecule has 0 spiro atoms. The molecule has 0 atom stereocenters. The largest absolute Gasteiger partial charge is 0.503 e. The number of aromatic hydroxyl groups is 1. The van der Waals surface area contributed by atoms with E-state index in [1.165, 1.54) is 19.2 Å². The number of carbonyl (C=O) groups is 2. The highest BCUT2D eigenvalue weighted by Crippen LogP contribution is 2.35. The fourth-order valence-electron chi connectivity index (χ4n) is 2.68. The van der Waals surface area contributed by atoms with Gasteiger partial charge in [-0.3, -0.25) is 9.59 Å². The van der Waals surface area contributed by atoms with Gasteiger partial charge in [-0.15, -0.1) is 0 Å². The molecule has 2 aromatic rings. The lowest BCUT2D eigenvalue weighted by Crippen LogP contribution is -2.33. The third-order valence-corrected chi connectivity index (χ3v) is 4.47. The van der Waals surface area contributed by atoms with Crippen molar-refractivity contribution in [3.63, 3.8) is 0 Å². The van der Waals surface area contributed by atoms with Crippen LogP contribution < -0.4 is 15.4 Å². The van der Waals surface area contributed by atoms with Crippen LogP contribution >= 0.6 is 15.9 Å². The van der Waals surface area contributed by atoms with Crippen LogP contribution in [0.4, 0.5) is 5.69 Å². The fourth-order valence-corrected chi connectivity index (χ4v) is 3.13.